The first kappa shape index (κ1) is 17.3. The topological polar surface area (TPSA) is 54.9 Å². The predicted molar refractivity (Wildman–Crippen MR) is 102 cm³/mol. The first-order valence-corrected chi connectivity index (χ1v) is 8.90. The number of pyridine rings is 1. The van der Waals surface area contributed by atoms with Crippen LogP contribution in [0.15, 0.2) is 61.4 Å². The summed E-state index contributed by atoms with van der Waals surface area (Å²) in [4.78, 5) is 21.8. The van der Waals surface area contributed by atoms with E-state index in [1.807, 2.05) is 36.4 Å². The third-order valence-corrected chi connectivity index (χ3v) is 4.92. The summed E-state index contributed by atoms with van der Waals surface area (Å²) in [5, 5.41) is 4.31. The fourth-order valence-corrected chi connectivity index (χ4v) is 3.44. The summed E-state index contributed by atoms with van der Waals surface area (Å²) in [7, 11) is 0. The molecule has 6 heteroatoms. The van der Waals surface area contributed by atoms with Crippen LogP contribution in [0.3, 0.4) is 0 Å². The highest BCUT2D eigenvalue weighted by molar-refractivity contribution is 7.17. The normalized spacial score (nSPS) is 10.4. The number of hydrogen-bond donors (Lipinski definition) is 1. The largest absolute Gasteiger partial charge is 0.348 e. The third kappa shape index (κ3) is 4.32. The number of nitrogens with one attached hydrogen (secondary N) is 1. The minimum absolute atomic E-state index is 0.137. The Bertz CT molecular complexity index is 875. The Kier molecular flexibility index (Phi) is 5.58. The lowest BCUT2D eigenvalue weighted by Gasteiger charge is -2.03. The summed E-state index contributed by atoms with van der Waals surface area (Å²) >= 11 is 7.33. The summed E-state index contributed by atoms with van der Waals surface area (Å²) in [6.07, 6.45) is 5.65. The summed E-state index contributed by atoms with van der Waals surface area (Å²) in [5.74, 6) is -0.137. The summed E-state index contributed by atoms with van der Waals surface area (Å²) < 4.78 is 0. The van der Waals surface area contributed by atoms with Gasteiger partial charge in [-0.2, -0.15) is 0 Å². The van der Waals surface area contributed by atoms with Gasteiger partial charge in [0.1, 0.15) is 9.88 Å². The number of hydrogen-bond acceptors (Lipinski definition) is 4. The quantitative estimate of drug-likeness (QED) is 0.656. The molecule has 0 aliphatic rings. The standard InChI is InChI=1S/C19H16ClN3OS/c1-2-9-22-18(24)17-16(12-13-3-5-15(20)6-4-13)23-19(25-17)14-7-10-21-11-8-14/h2-8,10-11H,1,9,12H2,(H,22,24). The van der Waals surface area contributed by atoms with Crippen LogP contribution in [-0.2, 0) is 6.42 Å². The maximum atomic E-state index is 12.5. The number of amides is 1. The molecule has 0 saturated carbocycles. The van der Waals surface area contributed by atoms with Crippen LogP contribution < -0.4 is 5.32 Å². The fourth-order valence-electron chi connectivity index (χ4n) is 2.31. The zero-order valence-electron chi connectivity index (χ0n) is 13.4. The van der Waals surface area contributed by atoms with Gasteiger partial charge in [0.05, 0.1) is 5.69 Å². The van der Waals surface area contributed by atoms with E-state index in [2.05, 4.69) is 16.9 Å². The Morgan fingerprint density at radius 3 is 2.60 bits per heavy atom. The van der Waals surface area contributed by atoms with Crippen LogP contribution in [-0.4, -0.2) is 22.4 Å². The Hall–Kier alpha value is -2.50. The number of aromatic nitrogens is 2. The molecule has 3 aromatic rings. The Morgan fingerprint density at radius 2 is 1.92 bits per heavy atom. The van der Waals surface area contributed by atoms with Gasteiger partial charge >= 0.3 is 0 Å². The molecule has 0 aliphatic carbocycles. The zero-order valence-corrected chi connectivity index (χ0v) is 15.0. The highest BCUT2D eigenvalue weighted by Gasteiger charge is 2.18. The molecule has 1 amide bonds. The van der Waals surface area contributed by atoms with Crippen LogP contribution in [0.2, 0.25) is 5.02 Å². The molecule has 25 heavy (non-hydrogen) atoms. The Balaban J connectivity index is 1.95. The van der Waals surface area contributed by atoms with Crippen molar-refractivity contribution in [3.63, 3.8) is 0 Å². The molecule has 1 aromatic carbocycles. The Labute approximate surface area is 155 Å². The van der Waals surface area contributed by atoms with E-state index in [0.717, 1.165) is 21.8 Å². The van der Waals surface area contributed by atoms with Crippen molar-refractivity contribution in [2.24, 2.45) is 0 Å². The molecule has 126 valence electrons. The average Bonchev–Trinajstić information content (AvgIpc) is 3.06. The van der Waals surface area contributed by atoms with Crippen molar-refractivity contribution in [2.75, 3.05) is 6.54 Å². The van der Waals surface area contributed by atoms with E-state index in [4.69, 9.17) is 16.6 Å². The van der Waals surface area contributed by atoms with Crippen molar-refractivity contribution < 1.29 is 4.79 Å². The van der Waals surface area contributed by atoms with E-state index < -0.39 is 0 Å². The number of benzene rings is 1. The van der Waals surface area contributed by atoms with Crippen molar-refractivity contribution in [1.82, 2.24) is 15.3 Å². The number of rotatable bonds is 6. The molecular formula is C19H16ClN3OS. The number of carbonyl (C=O) groups excluding carboxylic acids is 1. The maximum Gasteiger partial charge on any atom is 0.263 e. The minimum Gasteiger partial charge on any atom is -0.348 e. The second-order valence-corrected chi connectivity index (χ2v) is 6.77. The van der Waals surface area contributed by atoms with E-state index in [-0.39, 0.29) is 5.91 Å². The number of nitrogens with zero attached hydrogens (tertiary/aromatic N) is 2. The molecule has 1 N–H and O–H groups in total. The first-order chi connectivity index (χ1) is 12.2. The van der Waals surface area contributed by atoms with Crippen LogP contribution in [0.1, 0.15) is 20.9 Å². The molecule has 3 rings (SSSR count). The van der Waals surface area contributed by atoms with Crippen LogP contribution in [0.5, 0.6) is 0 Å². The molecule has 0 saturated heterocycles. The minimum atomic E-state index is -0.137. The molecule has 4 nitrogen and oxygen atoms in total. The van der Waals surface area contributed by atoms with Gasteiger partial charge in [0.15, 0.2) is 0 Å². The van der Waals surface area contributed by atoms with E-state index in [9.17, 15) is 4.79 Å². The fraction of sp³-hybridized carbons (Fsp3) is 0.105. The van der Waals surface area contributed by atoms with E-state index in [1.54, 1.807) is 18.5 Å². The van der Waals surface area contributed by atoms with Gasteiger partial charge in [-0.25, -0.2) is 4.98 Å². The van der Waals surface area contributed by atoms with Gasteiger partial charge in [0.2, 0.25) is 0 Å². The Morgan fingerprint density at radius 1 is 1.20 bits per heavy atom. The molecule has 0 bridgehead atoms. The van der Waals surface area contributed by atoms with Gasteiger partial charge < -0.3 is 5.32 Å². The summed E-state index contributed by atoms with van der Waals surface area (Å²) in [6, 6.07) is 11.3. The third-order valence-electron chi connectivity index (χ3n) is 3.52. The molecule has 2 heterocycles. The highest BCUT2D eigenvalue weighted by atomic mass is 35.5. The van der Waals surface area contributed by atoms with Gasteiger partial charge in [-0.15, -0.1) is 17.9 Å². The highest BCUT2D eigenvalue weighted by Crippen LogP contribution is 2.29. The molecule has 2 aromatic heterocycles. The number of thiazole rings is 1. The lowest BCUT2D eigenvalue weighted by atomic mass is 10.1. The van der Waals surface area contributed by atoms with Crippen molar-refractivity contribution in [3.05, 3.63) is 82.6 Å². The van der Waals surface area contributed by atoms with Crippen LogP contribution in [0, 0.1) is 0 Å². The second-order valence-electron chi connectivity index (χ2n) is 5.33. The summed E-state index contributed by atoms with van der Waals surface area (Å²) in [5.41, 5.74) is 2.74. The smallest absolute Gasteiger partial charge is 0.263 e. The monoisotopic (exact) mass is 369 g/mol. The van der Waals surface area contributed by atoms with Crippen molar-refractivity contribution >= 4 is 28.8 Å². The van der Waals surface area contributed by atoms with Crippen LogP contribution in [0.4, 0.5) is 0 Å². The first-order valence-electron chi connectivity index (χ1n) is 7.71. The van der Waals surface area contributed by atoms with Crippen LogP contribution in [0.25, 0.3) is 10.6 Å². The van der Waals surface area contributed by atoms with Gasteiger partial charge in [-0.3, -0.25) is 9.78 Å². The van der Waals surface area contributed by atoms with E-state index in [1.165, 1.54) is 11.3 Å². The van der Waals surface area contributed by atoms with Gasteiger partial charge in [0.25, 0.3) is 5.91 Å². The van der Waals surface area contributed by atoms with Gasteiger partial charge in [-0.1, -0.05) is 29.8 Å². The predicted octanol–water partition coefficient (Wildman–Crippen LogP) is 4.37. The molecule has 0 radical (unpaired) electrons. The van der Waals surface area contributed by atoms with Crippen LogP contribution >= 0.6 is 22.9 Å². The van der Waals surface area contributed by atoms with E-state index in [0.29, 0.717) is 22.9 Å². The number of carbonyl (C=O) groups is 1. The van der Waals surface area contributed by atoms with Crippen molar-refractivity contribution in [2.45, 2.75) is 6.42 Å². The average molecular weight is 370 g/mol. The molecule has 0 spiro atoms. The van der Waals surface area contributed by atoms with Crippen molar-refractivity contribution in [3.8, 4) is 10.6 Å². The van der Waals surface area contributed by atoms with E-state index >= 15 is 0 Å². The lowest BCUT2D eigenvalue weighted by molar-refractivity contribution is 0.0961. The van der Waals surface area contributed by atoms with Gasteiger partial charge in [0, 0.05) is 35.9 Å². The molecular weight excluding hydrogens is 354 g/mol. The number of halogens is 1. The molecule has 0 fully saturated rings. The molecule has 0 atom stereocenters. The lowest BCUT2D eigenvalue weighted by Crippen LogP contribution is -2.23. The van der Waals surface area contributed by atoms with Gasteiger partial charge in [-0.05, 0) is 29.8 Å². The maximum absolute atomic E-state index is 12.5. The molecule has 0 unspecified atom stereocenters. The second kappa shape index (κ2) is 8.05. The zero-order chi connectivity index (χ0) is 17.6. The SMILES string of the molecule is C=CCNC(=O)c1sc(-c2ccncc2)nc1Cc1ccc(Cl)cc1. The summed E-state index contributed by atoms with van der Waals surface area (Å²) in [6.45, 7) is 4.05. The van der Waals surface area contributed by atoms with Crippen molar-refractivity contribution in [1.29, 1.82) is 0 Å². The molecule has 0 aliphatic heterocycles.